The summed E-state index contributed by atoms with van der Waals surface area (Å²) in [5, 5.41) is 40.0. The first kappa shape index (κ1) is 40.0. The van der Waals surface area contributed by atoms with E-state index in [-0.39, 0.29) is 12.8 Å². The molecule has 42 heavy (non-hydrogen) atoms. The van der Waals surface area contributed by atoms with E-state index < -0.39 is 47.5 Å². The van der Waals surface area contributed by atoms with Crippen LogP contribution in [-0.4, -0.2) is 49.7 Å². The van der Waals surface area contributed by atoms with Crippen LogP contribution in [0.25, 0.3) is 0 Å². The lowest BCUT2D eigenvalue weighted by atomic mass is 9.63. The van der Waals surface area contributed by atoms with Crippen LogP contribution >= 0.6 is 0 Å². The van der Waals surface area contributed by atoms with Gasteiger partial charge in [-0.2, -0.15) is 0 Å². The molecular weight excluding hydrogens is 536 g/mol. The summed E-state index contributed by atoms with van der Waals surface area (Å²) in [5.74, 6) is -6.35. The summed E-state index contributed by atoms with van der Waals surface area (Å²) in [6.45, 7) is 4.16. The molecule has 0 aliphatic rings. The Balaban J connectivity index is 4.38. The molecule has 2 unspecified atom stereocenters. The SMILES string of the molecule is CCCCCCCCCCCCCCCCCCCCCCC(C(=O)O)(C(=O)CCCCC)C(O)(CC(=O)O)C(=O)O. The fourth-order valence-electron chi connectivity index (χ4n) is 6.00. The fourth-order valence-corrected chi connectivity index (χ4v) is 6.00. The number of aliphatic carboxylic acids is 3. The third kappa shape index (κ3) is 15.5. The second kappa shape index (κ2) is 24.5. The van der Waals surface area contributed by atoms with E-state index in [0.29, 0.717) is 19.3 Å². The van der Waals surface area contributed by atoms with E-state index in [0.717, 1.165) is 32.1 Å². The number of carbonyl (C=O) groups excluding carboxylic acids is 1. The van der Waals surface area contributed by atoms with Gasteiger partial charge in [0.1, 0.15) is 0 Å². The van der Waals surface area contributed by atoms with E-state index >= 15 is 0 Å². The highest BCUT2D eigenvalue weighted by atomic mass is 16.4. The van der Waals surface area contributed by atoms with Crippen molar-refractivity contribution in [3.05, 3.63) is 0 Å². The predicted molar refractivity (Wildman–Crippen MR) is 167 cm³/mol. The van der Waals surface area contributed by atoms with Crippen molar-refractivity contribution < 1.29 is 39.6 Å². The van der Waals surface area contributed by atoms with Crippen LogP contribution in [0, 0.1) is 5.41 Å². The van der Waals surface area contributed by atoms with E-state index in [2.05, 4.69) is 6.92 Å². The normalized spacial score (nSPS) is 14.3. The maximum Gasteiger partial charge on any atom is 0.338 e. The first-order valence-corrected chi connectivity index (χ1v) is 17.0. The van der Waals surface area contributed by atoms with Crippen molar-refractivity contribution in [2.75, 3.05) is 0 Å². The molecule has 0 heterocycles. The number of carbonyl (C=O) groups is 4. The summed E-state index contributed by atoms with van der Waals surface area (Å²) in [4.78, 5) is 49.0. The highest BCUT2D eigenvalue weighted by Gasteiger charge is 2.65. The Morgan fingerprint density at radius 3 is 1.12 bits per heavy atom. The molecule has 2 atom stereocenters. The summed E-state index contributed by atoms with van der Waals surface area (Å²) < 4.78 is 0. The molecule has 0 aromatic heterocycles. The average Bonchev–Trinajstić information content (AvgIpc) is 2.93. The number of carboxylic acids is 3. The van der Waals surface area contributed by atoms with Gasteiger partial charge in [-0.1, -0.05) is 155 Å². The summed E-state index contributed by atoms with van der Waals surface area (Å²) >= 11 is 0. The van der Waals surface area contributed by atoms with Gasteiger partial charge in [-0.05, 0) is 12.8 Å². The summed E-state index contributed by atoms with van der Waals surface area (Å²) in [5.41, 5.74) is -5.92. The van der Waals surface area contributed by atoms with E-state index in [9.17, 15) is 39.6 Å². The molecule has 0 saturated carbocycles. The number of unbranched alkanes of at least 4 members (excludes halogenated alkanes) is 21. The first-order valence-electron chi connectivity index (χ1n) is 17.0. The second-order valence-electron chi connectivity index (χ2n) is 12.3. The quantitative estimate of drug-likeness (QED) is 0.0457. The molecule has 0 aliphatic carbocycles. The Bertz CT molecular complexity index is 752. The highest BCUT2D eigenvalue weighted by molar-refractivity contribution is 6.09. The molecular formula is C34H62O8. The van der Waals surface area contributed by atoms with Crippen molar-refractivity contribution in [1.82, 2.24) is 0 Å². The van der Waals surface area contributed by atoms with Crippen molar-refractivity contribution in [2.24, 2.45) is 5.41 Å². The number of aliphatic hydroxyl groups is 1. The molecule has 8 heteroatoms. The summed E-state index contributed by atoms with van der Waals surface area (Å²) in [7, 11) is 0. The van der Waals surface area contributed by atoms with Crippen molar-refractivity contribution in [2.45, 2.75) is 186 Å². The molecule has 0 bridgehead atoms. The van der Waals surface area contributed by atoms with Crippen LogP contribution in [0.4, 0.5) is 0 Å². The van der Waals surface area contributed by atoms with Crippen LogP contribution < -0.4 is 0 Å². The molecule has 0 radical (unpaired) electrons. The topological polar surface area (TPSA) is 149 Å². The number of carboxylic acid groups (broad SMARTS) is 3. The number of hydrogen-bond donors (Lipinski definition) is 4. The number of ketones is 1. The zero-order valence-electron chi connectivity index (χ0n) is 26.8. The molecule has 0 spiro atoms. The number of rotatable bonds is 31. The van der Waals surface area contributed by atoms with Gasteiger partial charge in [-0.15, -0.1) is 0 Å². The van der Waals surface area contributed by atoms with Crippen LogP contribution in [0.1, 0.15) is 181 Å². The Kier molecular flexibility index (Phi) is 23.3. The fraction of sp³-hybridized carbons (Fsp3) is 0.882. The van der Waals surface area contributed by atoms with Gasteiger partial charge in [0, 0.05) is 6.42 Å². The molecule has 246 valence electrons. The minimum absolute atomic E-state index is 0.214. The average molecular weight is 599 g/mol. The van der Waals surface area contributed by atoms with Crippen molar-refractivity contribution >= 4 is 23.7 Å². The van der Waals surface area contributed by atoms with Gasteiger partial charge < -0.3 is 20.4 Å². The predicted octanol–water partition coefficient (Wildman–Crippen LogP) is 8.71. The van der Waals surface area contributed by atoms with Crippen LogP contribution in [-0.2, 0) is 19.2 Å². The van der Waals surface area contributed by atoms with Crippen LogP contribution in [0.3, 0.4) is 0 Å². The standard InChI is InChI=1S/C34H62O8/c1-3-5-7-8-9-10-11-12-13-14-15-16-17-18-19-20-21-22-23-25-27-33(31(38)39,29(35)26-24-6-4-2)34(42,32(40)41)28-30(36)37/h42H,3-28H2,1-2H3,(H,36,37)(H,38,39)(H,40,41). The lowest BCUT2D eigenvalue weighted by molar-refractivity contribution is -0.196. The highest BCUT2D eigenvalue weighted by Crippen LogP contribution is 2.43. The third-order valence-corrected chi connectivity index (χ3v) is 8.72. The monoisotopic (exact) mass is 598 g/mol. The Morgan fingerprint density at radius 1 is 0.476 bits per heavy atom. The second-order valence-corrected chi connectivity index (χ2v) is 12.3. The zero-order chi connectivity index (χ0) is 31.7. The van der Waals surface area contributed by atoms with Gasteiger partial charge in [0.15, 0.2) is 16.8 Å². The lowest BCUT2D eigenvalue weighted by Gasteiger charge is -2.39. The molecule has 8 nitrogen and oxygen atoms in total. The van der Waals surface area contributed by atoms with Gasteiger partial charge in [0.2, 0.25) is 0 Å². The van der Waals surface area contributed by atoms with Gasteiger partial charge in [0.25, 0.3) is 0 Å². The maximum absolute atomic E-state index is 13.1. The van der Waals surface area contributed by atoms with E-state index in [1.54, 1.807) is 0 Å². The summed E-state index contributed by atoms with van der Waals surface area (Å²) in [6.07, 6.45) is 23.3. The lowest BCUT2D eigenvalue weighted by Crippen LogP contribution is -2.63. The molecule has 0 fully saturated rings. The van der Waals surface area contributed by atoms with Crippen LogP contribution in [0.5, 0.6) is 0 Å². The van der Waals surface area contributed by atoms with E-state index in [4.69, 9.17) is 0 Å². The minimum Gasteiger partial charge on any atom is -0.481 e. The first-order chi connectivity index (χ1) is 20.1. The van der Waals surface area contributed by atoms with Crippen molar-refractivity contribution in [1.29, 1.82) is 0 Å². The molecule has 0 amide bonds. The molecule has 4 N–H and O–H groups in total. The van der Waals surface area contributed by atoms with E-state index in [1.807, 2.05) is 6.92 Å². The van der Waals surface area contributed by atoms with Crippen LogP contribution in [0.15, 0.2) is 0 Å². The van der Waals surface area contributed by atoms with Gasteiger partial charge in [-0.25, -0.2) is 4.79 Å². The van der Waals surface area contributed by atoms with Crippen molar-refractivity contribution in [3.63, 3.8) is 0 Å². The Morgan fingerprint density at radius 2 is 0.810 bits per heavy atom. The molecule has 0 rings (SSSR count). The van der Waals surface area contributed by atoms with Gasteiger partial charge >= 0.3 is 17.9 Å². The Hall–Kier alpha value is -1.96. The molecule has 0 saturated heterocycles. The Labute approximate surface area is 255 Å². The smallest absolute Gasteiger partial charge is 0.338 e. The number of hydrogen-bond acceptors (Lipinski definition) is 5. The largest absolute Gasteiger partial charge is 0.481 e. The zero-order valence-corrected chi connectivity index (χ0v) is 26.8. The number of Topliss-reactive ketones (excluding diaryl/α,β-unsaturated/α-hetero) is 1. The molecule has 0 aliphatic heterocycles. The van der Waals surface area contributed by atoms with Gasteiger partial charge in [0.05, 0.1) is 6.42 Å². The maximum atomic E-state index is 13.1. The van der Waals surface area contributed by atoms with Crippen LogP contribution in [0.2, 0.25) is 0 Å². The van der Waals surface area contributed by atoms with Gasteiger partial charge in [-0.3, -0.25) is 14.4 Å². The molecule has 0 aromatic carbocycles. The molecule has 0 aromatic rings. The summed E-state index contributed by atoms with van der Waals surface area (Å²) in [6, 6.07) is 0. The van der Waals surface area contributed by atoms with Crippen molar-refractivity contribution in [3.8, 4) is 0 Å². The third-order valence-electron chi connectivity index (χ3n) is 8.72. The van der Waals surface area contributed by atoms with E-state index in [1.165, 1.54) is 89.9 Å². The minimum atomic E-state index is -3.22.